The van der Waals surface area contributed by atoms with Gasteiger partial charge in [0.05, 0.1) is 5.02 Å². The minimum Gasteiger partial charge on any atom is -0.396 e. The molecule has 0 aliphatic rings. The number of aliphatic hydroxyl groups is 1. The molecule has 0 aliphatic heterocycles. The fourth-order valence-corrected chi connectivity index (χ4v) is 1.72. The first kappa shape index (κ1) is 7.06. The van der Waals surface area contributed by atoms with Crippen LogP contribution >= 0.6 is 22.9 Å². The Bertz CT molecular complexity index is 185. The summed E-state index contributed by atoms with van der Waals surface area (Å²) in [4.78, 5) is 0. The molecular formula is C6H7ClOS. The second-order valence-electron chi connectivity index (χ2n) is 1.72. The van der Waals surface area contributed by atoms with Crippen molar-refractivity contribution in [3.8, 4) is 0 Å². The lowest BCUT2D eigenvalue weighted by Crippen LogP contribution is -1.87. The first-order valence-electron chi connectivity index (χ1n) is 2.66. The molecule has 0 bridgehead atoms. The maximum Gasteiger partial charge on any atom is 0.0545 e. The number of rotatable bonds is 2. The Kier molecular flexibility index (Phi) is 2.51. The second kappa shape index (κ2) is 3.20. The zero-order chi connectivity index (χ0) is 6.69. The van der Waals surface area contributed by atoms with Crippen molar-refractivity contribution in [2.45, 2.75) is 6.42 Å². The van der Waals surface area contributed by atoms with Gasteiger partial charge in [-0.05, 0) is 17.4 Å². The molecule has 9 heavy (non-hydrogen) atoms. The first-order chi connectivity index (χ1) is 4.34. The molecule has 0 aromatic carbocycles. The molecule has 0 aliphatic carbocycles. The van der Waals surface area contributed by atoms with Gasteiger partial charge in [-0.25, -0.2) is 0 Å². The third kappa shape index (κ3) is 1.68. The molecule has 1 rings (SSSR count). The van der Waals surface area contributed by atoms with E-state index in [9.17, 15) is 0 Å². The van der Waals surface area contributed by atoms with E-state index in [0.717, 1.165) is 10.6 Å². The summed E-state index contributed by atoms with van der Waals surface area (Å²) in [7, 11) is 0. The van der Waals surface area contributed by atoms with E-state index in [0.29, 0.717) is 6.42 Å². The minimum atomic E-state index is 0.177. The topological polar surface area (TPSA) is 20.2 Å². The van der Waals surface area contributed by atoms with Crippen molar-refractivity contribution in [3.05, 3.63) is 21.3 Å². The summed E-state index contributed by atoms with van der Waals surface area (Å²) >= 11 is 7.28. The summed E-state index contributed by atoms with van der Waals surface area (Å²) in [6.45, 7) is 0.177. The number of halogens is 1. The number of hydrogen-bond donors (Lipinski definition) is 1. The first-order valence-corrected chi connectivity index (χ1v) is 3.98. The van der Waals surface area contributed by atoms with Crippen LogP contribution in [0.5, 0.6) is 0 Å². The van der Waals surface area contributed by atoms with Crippen molar-refractivity contribution in [2.24, 2.45) is 0 Å². The second-order valence-corrected chi connectivity index (χ2v) is 2.87. The van der Waals surface area contributed by atoms with Crippen LogP contribution in [0, 0.1) is 0 Å². The van der Waals surface area contributed by atoms with Gasteiger partial charge in [0, 0.05) is 12.0 Å². The van der Waals surface area contributed by atoms with Gasteiger partial charge in [0.25, 0.3) is 0 Å². The van der Waals surface area contributed by atoms with Crippen LogP contribution in [0.4, 0.5) is 0 Å². The number of thiophene rings is 1. The van der Waals surface area contributed by atoms with E-state index < -0.39 is 0 Å². The van der Waals surface area contributed by atoms with Gasteiger partial charge in [-0.15, -0.1) is 0 Å². The SMILES string of the molecule is OCCc1cscc1Cl. The predicted molar refractivity (Wildman–Crippen MR) is 40.1 cm³/mol. The third-order valence-electron chi connectivity index (χ3n) is 1.07. The molecule has 0 atom stereocenters. The molecule has 1 aromatic rings. The van der Waals surface area contributed by atoms with Crippen molar-refractivity contribution < 1.29 is 5.11 Å². The highest BCUT2D eigenvalue weighted by atomic mass is 35.5. The molecule has 0 saturated carbocycles. The minimum absolute atomic E-state index is 0.177. The Labute approximate surface area is 62.9 Å². The molecule has 1 nitrogen and oxygen atoms in total. The molecule has 1 heterocycles. The molecule has 1 N–H and O–H groups in total. The number of hydrogen-bond acceptors (Lipinski definition) is 2. The lowest BCUT2D eigenvalue weighted by atomic mass is 10.3. The van der Waals surface area contributed by atoms with Crippen LogP contribution in [0.15, 0.2) is 10.8 Å². The van der Waals surface area contributed by atoms with E-state index >= 15 is 0 Å². The Morgan fingerprint density at radius 1 is 1.56 bits per heavy atom. The van der Waals surface area contributed by atoms with Crippen molar-refractivity contribution in [1.82, 2.24) is 0 Å². The van der Waals surface area contributed by atoms with Crippen LogP contribution in [0.3, 0.4) is 0 Å². The number of aliphatic hydroxyl groups excluding tert-OH is 1. The molecule has 3 heteroatoms. The molecule has 0 saturated heterocycles. The smallest absolute Gasteiger partial charge is 0.0545 e. The van der Waals surface area contributed by atoms with Gasteiger partial charge in [0.2, 0.25) is 0 Å². The molecule has 50 valence electrons. The summed E-state index contributed by atoms with van der Waals surface area (Å²) in [6, 6.07) is 0. The van der Waals surface area contributed by atoms with Crippen LogP contribution in [0.25, 0.3) is 0 Å². The fraction of sp³-hybridized carbons (Fsp3) is 0.333. The highest BCUT2D eigenvalue weighted by molar-refractivity contribution is 7.08. The Morgan fingerprint density at radius 2 is 2.33 bits per heavy atom. The van der Waals surface area contributed by atoms with E-state index in [1.807, 2.05) is 10.8 Å². The predicted octanol–water partition coefficient (Wildman–Crippen LogP) is 1.94. The lowest BCUT2D eigenvalue weighted by Gasteiger charge is -1.90. The van der Waals surface area contributed by atoms with Crippen LogP contribution in [-0.4, -0.2) is 11.7 Å². The largest absolute Gasteiger partial charge is 0.396 e. The van der Waals surface area contributed by atoms with E-state index in [1.165, 1.54) is 0 Å². The highest BCUT2D eigenvalue weighted by Gasteiger charge is 1.97. The van der Waals surface area contributed by atoms with Gasteiger partial charge in [-0.1, -0.05) is 11.6 Å². The maximum atomic E-state index is 8.51. The molecule has 0 unspecified atom stereocenters. The van der Waals surface area contributed by atoms with E-state index in [4.69, 9.17) is 16.7 Å². The monoisotopic (exact) mass is 162 g/mol. The summed E-state index contributed by atoms with van der Waals surface area (Å²) in [5.74, 6) is 0. The quantitative estimate of drug-likeness (QED) is 0.705. The molecule has 0 radical (unpaired) electrons. The maximum absolute atomic E-state index is 8.51. The van der Waals surface area contributed by atoms with Crippen LogP contribution in [0.1, 0.15) is 5.56 Å². The van der Waals surface area contributed by atoms with Gasteiger partial charge in [0.15, 0.2) is 0 Å². The van der Waals surface area contributed by atoms with Crippen LogP contribution in [0.2, 0.25) is 5.02 Å². The molecule has 1 aromatic heterocycles. The average molecular weight is 163 g/mol. The van der Waals surface area contributed by atoms with Gasteiger partial charge in [-0.2, -0.15) is 11.3 Å². The van der Waals surface area contributed by atoms with Crippen molar-refractivity contribution in [2.75, 3.05) is 6.61 Å². The fourth-order valence-electron chi connectivity index (χ4n) is 0.607. The lowest BCUT2D eigenvalue weighted by molar-refractivity contribution is 0.300. The Hall–Kier alpha value is -0.0500. The zero-order valence-electron chi connectivity index (χ0n) is 4.80. The van der Waals surface area contributed by atoms with E-state index in [1.54, 1.807) is 11.3 Å². The molecular weight excluding hydrogens is 156 g/mol. The third-order valence-corrected chi connectivity index (χ3v) is 2.34. The van der Waals surface area contributed by atoms with Crippen molar-refractivity contribution in [3.63, 3.8) is 0 Å². The molecule has 0 fully saturated rings. The van der Waals surface area contributed by atoms with Crippen molar-refractivity contribution in [1.29, 1.82) is 0 Å². The van der Waals surface area contributed by atoms with E-state index in [-0.39, 0.29) is 6.61 Å². The molecule has 0 amide bonds. The van der Waals surface area contributed by atoms with Gasteiger partial charge in [0.1, 0.15) is 0 Å². The standard InChI is InChI=1S/C6H7ClOS/c7-6-4-9-3-5(6)1-2-8/h3-4,8H,1-2H2. The van der Waals surface area contributed by atoms with Gasteiger partial charge >= 0.3 is 0 Å². The zero-order valence-corrected chi connectivity index (χ0v) is 6.37. The Morgan fingerprint density at radius 3 is 2.78 bits per heavy atom. The van der Waals surface area contributed by atoms with Crippen LogP contribution in [-0.2, 0) is 6.42 Å². The average Bonchev–Trinajstić information content (AvgIpc) is 2.18. The van der Waals surface area contributed by atoms with Crippen molar-refractivity contribution >= 4 is 22.9 Å². The summed E-state index contributed by atoms with van der Waals surface area (Å²) < 4.78 is 0. The summed E-state index contributed by atoms with van der Waals surface area (Å²) in [6.07, 6.45) is 0.669. The van der Waals surface area contributed by atoms with Crippen LogP contribution < -0.4 is 0 Å². The summed E-state index contributed by atoms with van der Waals surface area (Å²) in [5.41, 5.74) is 1.05. The Balaban J connectivity index is 2.69. The van der Waals surface area contributed by atoms with E-state index in [2.05, 4.69) is 0 Å². The summed E-state index contributed by atoms with van der Waals surface area (Å²) in [5, 5.41) is 13.1. The highest BCUT2D eigenvalue weighted by Crippen LogP contribution is 2.20. The molecule has 0 spiro atoms. The van der Waals surface area contributed by atoms with Gasteiger partial charge in [-0.3, -0.25) is 0 Å². The normalized spacial score (nSPS) is 10.0. The van der Waals surface area contributed by atoms with Gasteiger partial charge < -0.3 is 5.11 Å².